The van der Waals surface area contributed by atoms with Crippen molar-refractivity contribution in [2.45, 2.75) is 31.4 Å². The molecule has 2 rings (SSSR count). The van der Waals surface area contributed by atoms with Gasteiger partial charge in [-0.15, -0.1) is 11.6 Å². The molecule has 7 heteroatoms. The molecule has 0 saturated carbocycles. The van der Waals surface area contributed by atoms with Crippen LogP contribution in [0.25, 0.3) is 11.0 Å². The first-order valence-electron chi connectivity index (χ1n) is 5.61. The van der Waals surface area contributed by atoms with Crippen molar-refractivity contribution in [2.24, 2.45) is 0 Å². The molecule has 0 aliphatic rings. The van der Waals surface area contributed by atoms with E-state index in [0.717, 1.165) is 0 Å². The molecular weight excluding hydrogens is 300 g/mol. The van der Waals surface area contributed by atoms with Gasteiger partial charge in [-0.05, 0) is 25.1 Å². The number of halogens is 5. The first-order chi connectivity index (χ1) is 8.81. The van der Waals surface area contributed by atoms with Gasteiger partial charge >= 0.3 is 6.18 Å². The van der Waals surface area contributed by atoms with Gasteiger partial charge in [-0.1, -0.05) is 11.6 Å². The highest BCUT2D eigenvalue weighted by Gasteiger charge is 2.32. The van der Waals surface area contributed by atoms with Gasteiger partial charge in [0.2, 0.25) is 0 Å². The summed E-state index contributed by atoms with van der Waals surface area (Å²) in [6, 6.07) is 4.14. The highest BCUT2D eigenvalue weighted by molar-refractivity contribution is 6.31. The van der Waals surface area contributed by atoms with E-state index in [4.69, 9.17) is 23.2 Å². The Hall–Kier alpha value is -0.940. The third kappa shape index (κ3) is 3.15. The second-order valence-corrected chi connectivity index (χ2v) is 5.04. The third-order valence-corrected chi connectivity index (χ3v) is 3.29. The monoisotopic (exact) mass is 310 g/mol. The largest absolute Gasteiger partial charge is 0.391 e. The van der Waals surface area contributed by atoms with Crippen LogP contribution in [-0.4, -0.2) is 15.7 Å². The van der Waals surface area contributed by atoms with Gasteiger partial charge in [-0.3, -0.25) is 0 Å². The van der Waals surface area contributed by atoms with Crippen molar-refractivity contribution in [3.8, 4) is 0 Å². The number of alkyl halides is 4. The second-order valence-electron chi connectivity index (χ2n) is 4.33. The predicted octanol–water partition coefficient (Wildman–Crippen LogP) is 4.94. The van der Waals surface area contributed by atoms with Gasteiger partial charge in [0.25, 0.3) is 0 Å². The van der Waals surface area contributed by atoms with E-state index in [1.807, 2.05) is 0 Å². The molecule has 1 atom stereocenters. The molecule has 0 fully saturated rings. The normalized spacial score (nSPS) is 14.0. The Morgan fingerprint density at radius 1 is 1.37 bits per heavy atom. The molecule has 0 saturated heterocycles. The maximum atomic E-state index is 12.5. The Kier molecular flexibility index (Phi) is 3.97. The van der Waals surface area contributed by atoms with Crippen LogP contribution < -0.4 is 0 Å². The van der Waals surface area contributed by atoms with Crippen LogP contribution >= 0.6 is 23.2 Å². The fraction of sp³-hybridized carbons (Fsp3) is 0.417. The number of hydrogen-bond donors (Lipinski definition) is 0. The topological polar surface area (TPSA) is 17.8 Å². The lowest BCUT2D eigenvalue weighted by Crippen LogP contribution is -2.17. The zero-order chi connectivity index (χ0) is 14.2. The third-order valence-electron chi connectivity index (χ3n) is 2.81. The summed E-state index contributed by atoms with van der Waals surface area (Å²) < 4.78 is 39.1. The SMILES string of the molecule is CC(CC(F)(F)F)n1c(CCl)nc2ccc(Cl)cc21. The molecule has 1 aromatic heterocycles. The molecule has 1 aromatic carbocycles. The van der Waals surface area contributed by atoms with Crippen LogP contribution in [-0.2, 0) is 5.88 Å². The Morgan fingerprint density at radius 2 is 2.05 bits per heavy atom. The molecule has 0 spiro atoms. The van der Waals surface area contributed by atoms with E-state index in [-0.39, 0.29) is 5.88 Å². The molecule has 1 heterocycles. The fourth-order valence-corrected chi connectivity index (χ4v) is 2.48. The van der Waals surface area contributed by atoms with Gasteiger partial charge in [0.1, 0.15) is 5.82 Å². The number of aromatic nitrogens is 2. The van der Waals surface area contributed by atoms with Crippen molar-refractivity contribution < 1.29 is 13.2 Å². The molecule has 2 aromatic rings. The quantitative estimate of drug-likeness (QED) is 0.734. The Bertz CT molecular complexity index is 592. The number of fused-ring (bicyclic) bond motifs is 1. The van der Waals surface area contributed by atoms with Crippen LogP contribution in [0.5, 0.6) is 0 Å². The minimum atomic E-state index is -4.24. The molecule has 0 bridgehead atoms. The summed E-state index contributed by atoms with van der Waals surface area (Å²) in [6.45, 7) is 1.49. The fourth-order valence-electron chi connectivity index (χ4n) is 2.13. The van der Waals surface area contributed by atoms with Crippen LogP contribution in [0.2, 0.25) is 5.02 Å². The van der Waals surface area contributed by atoms with Crippen molar-refractivity contribution in [3.05, 3.63) is 29.0 Å². The average molecular weight is 311 g/mol. The highest BCUT2D eigenvalue weighted by Crippen LogP contribution is 2.32. The van der Waals surface area contributed by atoms with Gasteiger partial charge in [0.05, 0.1) is 23.3 Å². The van der Waals surface area contributed by atoms with Crippen molar-refractivity contribution in [3.63, 3.8) is 0 Å². The summed E-state index contributed by atoms with van der Waals surface area (Å²) in [7, 11) is 0. The van der Waals surface area contributed by atoms with Gasteiger partial charge in [-0.25, -0.2) is 4.98 Å². The second kappa shape index (κ2) is 5.21. The number of benzene rings is 1. The zero-order valence-electron chi connectivity index (χ0n) is 10.0. The van der Waals surface area contributed by atoms with E-state index in [9.17, 15) is 13.2 Å². The molecule has 0 radical (unpaired) electrons. The molecule has 1 unspecified atom stereocenters. The van der Waals surface area contributed by atoms with Crippen molar-refractivity contribution in [1.29, 1.82) is 0 Å². The van der Waals surface area contributed by atoms with E-state index in [0.29, 0.717) is 21.9 Å². The summed E-state index contributed by atoms with van der Waals surface area (Å²) in [5, 5.41) is 0.453. The molecule has 2 nitrogen and oxygen atoms in total. The Balaban J connectivity index is 2.53. The first-order valence-corrected chi connectivity index (χ1v) is 6.52. The van der Waals surface area contributed by atoms with Gasteiger partial charge < -0.3 is 4.57 Å². The summed E-state index contributed by atoms with van der Waals surface area (Å²) in [4.78, 5) is 4.23. The molecule has 0 N–H and O–H groups in total. The number of nitrogens with zero attached hydrogens (tertiary/aromatic N) is 2. The summed E-state index contributed by atoms with van der Waals surface area (Å²) >= 11 is 11.6. The molecule has 104 valence electrons. The Morgan fingerprint density at radius 3 is 2.63 bits per heavy atom. The molecule has 0 amide bonds. The standard InChI is InChI=1S/C12H11Cl2F3N2/c1-7(5-12(15,16)17)19-10-4-8(14)2-3-9(10)18-11(19)6-13/h2-4,7H,5-6H2,1H3. The molecule has 0 aliphatic carbocycles. The Labute approximate surface area is 118 Å². The van der Waals surface area contributed by atoms with E-state index >= 15 is 0 Å². The zero-order valence-corrected chi connectivity index (χ0v) is 11.5. The maximum Gasteiger partial charge on any atom is 0.391 e. The number of hydrogen-bond acceptors (Lipinski definition) is 1. The molecular formula is C12H11Cl2F3N2. The first kappa shape index (κ1) is 14.5. The van der Waals surface area contributed by atoms with E-state index in [1.54, 1.807) is 18.2 Å². The van der Waals surface area contributed by atoms with Crippen molar-refractivity contribution in [1.82, 2.24) is 9.55 Å². The van der Waals surface area contributed by atoms with Crippen LogP contribution in [0.15, 0.2) is 18.2 Å². The lowest BCUT2D eigenvalue weighted by atomic mass is 10.2. The summed E-state index contributed by atoms with van der Waals surface area (Å²) in [5.41, 5.74) is 1.16. The van der Waals surface area contributed by atoms with E-state index < -0.39 is 18.6 Å². The number of rotatable bonds is 3. The number of imidazole rings is 1. The van der Waals surface area contributed by atoms with E-state index in [2.05, 4.69) is 4.98 Å². The maximum absolute atomic E-state index is 12.5. The van der Waals surface area contributed by atoms with Crippen LogP contribution in [0, 0.1) is 0 Å². The lowest BCUT2D eigenvalue weighted by Gasteiger charge is -2.18. The highest BCUT2D eigenvalue weighted by atomic mass is 35.5. The van der Waals surface area contributed by atoms with Crippen LogP contribution in [0.1, 0.15) is 25.2 Å². The van der Waals surface area contributed by atoms with E-state index in [1.165, 1.54) is 11.5 Å². The minimum Gasteiger partial charge on any atom is -0.324 e. The molecule has 0 aliphatic heterocycles. The van der Waals surface area contributed by atoms with Crippen molar-refractivity contribution in [2.75, 3.05) is 0 Å². The van der Waals surface area contributed by atoms with Crippen molar-refractivity contribution >= 4 is 34.2 Å². The summed E-state index contributed by atoms with van der Waals surface area (Å²) in [5.74, 6) is 0.463. The predicted molar refractivity (Wildman–Crippen MR) is 69.7 cm³/mol. The molecule has 19 heavy (non-hydrogen) atoms. The van der Waals surface area contributed by atoms with Crippen LogP contribution in [0.3, 0.4) is 0 Å². The minimum absolute atomic E-state index is 0.0501. The lowest BCUT2D eigenvalue weighted by molar-refractivity contribution is -0.141. The summed E-state index contributed by atoms with van der Waals surface area (Å²) in [6.07, 6.45) is -5.17. The van der Waals surface area contributed by atoms with Crippen LogP contribution in [0.4, 0.5) is 13.2 Å². The average Bonchev–Trinajstić information content (AvgIpc) is 2.64. The van der Waals surface area contributed by atoms with Gasteiger partial charge in [0, 0.05) is 11.1 Å². The smallest absolute Gasteiger partial charge is 0.324 e. The van der Waals surface area contributed by atoms with Gasteiger partial charge in [0.15, 0.2) is 0 Å². The van der Waals surface area contributed by atoms with Gasteiger partial charge in [-0.2, -0.15) is 13.2 Å².